The summed E-state index contributed by atoms with van der Waals surface area (Å²) >= 11 is 1.20. The summed E-state index contributed by atoms with van der Waals surface area (Å²) in [6.45, 7) is 4.63. The lowest BCUT2D eigenvalue weighted by molar-refractivity contribution is 0.0938. The van der Waals surface area contributed by atoms with Gasteiger partial charge in [0.1, 0.15) is 5.82 Å². The molecule has 0 bridgehead atoms. The van der Waals surface area contributed by atoms with Crippen molar-refractivity contribution in [2.45, 2.75) is 26.3 Å². The van der Waals surface area contributed by atoms with Gasteiger partial charge in [0.2, 0.25) is 10.1 Å². The summed E-state index contributed by atoms with van der Waals surface area (Å²) in [6.07, 6.45) is 0.970. The maximum Gasteiger partial charge on any atom is 0.282 e. The number of carbonyl (C=O) groups excluding carboxylic acids is 1. The molecule has 0 saturated heterocycles. The molecule has 0 fully saturated rings. The Morgan fingerprint density at radius 2 is 2.24 bits per heavy atom. The van der Waals surface area contributed by atoms with E-state index in [4.69, 9.17) is 0 Å². The van der Waals surface area contributed by atoms with Gasteiger partial charge in [-0.15, -0.1) is 10.2 Å². The predicted octanol–water partition coefficient (Wildman–Crippen LogP) is 2.99. The van der Waals surface area contributed by atoms with Crippen LogP contribution in [0.15, 0.2) is 24.3 Å². The molecule has 21 heavy (non-hydrogen) atoms. The first kappa shape index (κ1) is 15.4. The van der Waals surface area contributed by atoms with E-state index in [1.54, 1.807) is 19.1 Å². The summed E-state index contributed by atoms with van der Waals surface area (Å²) in [5.74, 6) is -0.635. The van der Waals surface area contributed by atoms with Crippen LogP contribution in [0.4, 0.5) is 9.52 Å². The number of carbonyl (C=O) groups is 1. The van der Waals surface area contributed by atoms with Crippen LogP contribution in [-0.4, -0.2) is 22.6 Å². The van der Waals surface area contributed by atoms with Crippen molar-refractivity contribution in [1.29, 1.82) is 0 Å². The van der Waals surface area contributed by atoms with Crippen molar-refractivity contribution in [2.75, 3.05) is 11.9 Å². The molecule has 112 valence electrons. The molecule has 5 nitrogen and oxygen atoms in total. The summed E-state index contributed by atoms with van der Waals surface area (Å²) in [7, 11) is 0. The lowest BCUT2D eigenvalue weighted by atomic mass is 10.1. The van der Waals surface area contributed by atoms with Gasteiger partial charge in [-0.1, -0.05) is 30.4 Å². The first-order chi connectivity index (χ1) is 10.1. The third kappa shape index (κ3) is 4.22. The molecule has 0 aliphatic heterocycles. The van der Waals surface area contributed by atoms with Crippen molar-refractivity contribution in [2.24, 2.45) is 0 Å². The smallest absolute Gasteiger partial charge is 0.282 e. The number of halogens is 1. The largest absolute Gasteiger partial charge is 0.360 e. The third-order valence-electron chi connectivity index (χ3n) is 2.84. The summed E-state index contributed by atoms with van der Waals surface area (Å²) < 4.78 is 13.2. The van der Waals surface area contributed by atoms with Crippen LogP contribution in [0, 0.1) is 5.82 Å². The monoisotopic (exact) mass is 308 g/mol. The van der Waals surface area contributed by atoms with E-state index in [9.17, 15) is 9.18 Å². The molecule has 0 aliphatic carbocycles. The topological polar surface area (TPSA) is 66.9 Å². The minimum absolute atomic E-state index is 0.289. The molecule has 1 aromatic heterocycles. The van der Waals surface area contributed by atoms with E-state index in [1.807, 2.05) is 6.92 Å². The first-order valence-corrected chi connectivity index (χ1v) is 7.55. The number of hydrogen-bond donors (Lipinski definition) is 2. The number of anilines is 1. The highest BCUT2D eigenvalue weighted by atomic mass is 32.1. The fourth-order valence-electron chi connectivity index (χ4n) is 1.74. The highest BCUT2D eigenvalue weighted by molar-refractivity contribution is 7.17. The molecule has 1 atom stereocenters. The van der Waals surface area contributed by atoms with Crippen molar-refractivity contribution < 1.29 is 9.18 Å². The van der Waals surface area contributed by atoms with Crippen molar-refractivity contribution in [3.63, 3.8) is 0 Å². The van der Waals surface area contributed by atoms with Gasteiger partial charge in [-0.2, -0.15) is 0 Å². The van der Waals surface area contributed by atoms with Crippen LogP contribution in [0.2, 0.25) is 0 Å². The zero-order chi connectivity index (χ0) is 15.2. The maximum atomic E-state index is 13.2. The molecule has 1 unspecified atom stereocenters. The minimum atomic E-state index is -0.324. The van der Waals surface area contributed by atoms with Gasteiger partial charge >= 0.3 is 0 Å². The van der Waals surface area contributed by atoms with Crippen LogP contribution < -0.4 is 10.6 Å². The summed E-state index contributed by atoms with van der Waals surface area (Å²) in [4.78, 5) is 12.1. The SMILES string of the molecule is CCCNc1nnc(C(=O)NC(C)c2cccc(F)c2)s1. The van der Waals surface area contributed by atoms with Gasteiger partial charge < -0.3 is 10.6 Å². The van der Waals surface area contributed by atoms with E-state index in [0.717, 1.165) is 13.0 Å². The standard InChI is InChI=1S/C14H17FN4OS/c1-3-7-16-14-19-18-13(21-14)12(20)17-9(2)10-5-4-6-11(15)8-10/h4-6,8-9H,3,7H2,1-2H3,(H,16,19)(H,17,20). The molecule has 7 heteroatoms. The van der Waals surface area contributed by atoms with E-state index in [2.05, 4.69) is 20.8 Å². The predicted molar refractivity (Wildman–Crippen MR) is 81.0 cm³/mol. The van der Waals surface area contributed by atoms with E-state index in [1.165, 1.54) is 23.5 Å². The van der Waals surface area contributed by atoms with Crippen LogP contribution in [0.1, 0.15) is 41.7 Å². The molecule has 2 aromatic rings. The first-order valence-electron chi connectivity index (χ1n) is 6.74. The molecule has 0 spiro atoms. The van der Waals surface area contributed by atoms with Gasteiger partial charge in [-0.3, -0.25) is 4.79 Å². The van der Waals surface area contributed by atoms with Crippen molar-refractivity contribution >= 4 is 22.4 Å². The molecule has 0 aliphatic rings. The van der Waals surface area contributed by atoms with E-state index < -0.39 is 0 Å². The fourth-order valence-corrected chi connectivity index (χ4v) is 2.41. The third-order valence-corrected chi connectivity index (χ3v) is 3.72. The molecular weight excluding hydrogens is 291 g/mol. The lowest BCUT2D eigenvalue weighted by Gasteiger charge is -2.12. The van der Waals surface area contributed by atoms with Crippen LogP contribution in [-0.2, 0) is 0 Å². The van der Waals surface area contributed by atoms with Crippen molar-refractivity contribution in [3.05, 3.63) is 40.7 Å². The molecule has 1 aromatic carbocycles. The average molecular weight is 308 g/mol. The van der Waals surface area contributed by atoms with Crippen LogP contribution in [0.3, 0.4) is 0 Å². The van der Waals surface area contributed by atoms with Gasteiger partial charge in [-0.05, 0) is 31.0 Å². The maximum absolute atomic E-state index is 13.2. The molecule has 2 N–H and O–H groups in total. The van der Waals surface area contributed by atoms with Gasteiger partial charge in [0.25, 0.3) is 5.91 Å². The summed E-state index contributed by atoms with van der Waals surface area (Å²) in [5, 5.41) is 14.5. The van der Waals surface area contributed by atoms with Crippen LogP contribution in [0.5, 0.6) is 0 Å². The Kier molecular flexibility index (Phi) is 5.21. The Labute approximate surface area is 126 Å². The minimum Gasteiger partial charge on any atom is -0.360 e. The molecule has 1 amide bonds. The van der Waals surface area contributed by atoms with Gasteiger partial charge in [-0.25, -0.2) is 4.39 Å². The summed E-state index contributed by atoms with van der Waals surface area (Å²) in [6, 6.07) is 5.85. The average Bonchev–Trinajstić information content (AvgIpc) is 2.94. The fraction of sp³-hybridized carbons (Fsp3) is 0.357. The van der Waals surface area contributed by atoms with Crippen LogP contribution in [0.25, 0.3) is 0 Å². The van der Waals surface area contributed by atoms with E-state index >= 15 is 0 Å². The van der Waals surface area contributed by atoms with Crippen LogP contribution >= 0.6 is 11.3 Å². The lowest BCUT2D eigenvalue weighted by Crippen LogP contribution is -2.26. The molecule has 1 heterocycles. The Bertz CT molecular complexity index is 617. The van der Waals surface area contributed by atoms with Gasteiger partial charge in [0.05, 0.1) is 6.04 Å². The second kappa shape index (κ2) is 7.12. The summed E-state index contributed by atoms with van der Waals surface area (Å²) in [5.41, 5.74) is 0.706. The number of rotatable bonds is 6. The van der Waals surface area contributed by atoms with Gasteiger partial charge in [0, 0.05) is 6.54 Å². The molecule has 0 saturated carbocycles. The number of hydrogen-bond acceptors (Lipinski definition) is 5. The Morgan fingerprint density at radius 1 is 1.43 bits per heavy atom. The zero-order valence-electron chi connectivity index (χ0n) is 11.9. The Hall–Kier alpha value is -2.02. The number of aromatic nitrogens is 2. The second-order valence-corrected chi connectivity index (χ2v) is 5.57. The second-order valence-electron chi connectivity index (χ2n) is 4.59. The zero-order valence-corrected chi connectivity index (χ0v) is 12.7. The number of benzene rings is 1. The number of nitrogens with zero attached hydrogens (tertiary/aromatic N) is 2. The van der Waals surface area contributed by atoms with Crippen molar-refractivity contribution in [3.8, 4) is 0 Å². The molecule has 2 rings (SSSR count). The highest BCUT2D eigenvalue weighted by Crippen LogP contribution is 2.18. The van der Waals surface area contributed by atoms with E-state index in [0.29, 0.717) is 10.7 Å². The Balaban J connectivity index is 1.99. The Morgan fingerprint density at radius 3 is 2.95 bits per heavy atom. The van der Waals surface area contributed by atoms with Crippen molar-refractivity contribution in [1.82, 2.24) is 15.5 Å². The number of amides is 1. The quantitative estimate of drug-likeness (QED) is 0.861. The molecular formula is C14H17FN4OS. The number of nitrogens with one attached hydrogen (secondary N) is 2. The normalized spacial score (nSPS) is 12.0. The van der Waals surface area contributed by atoms with Gasteiger partial charge in [0.15, 0.2) is 0 Å². The molecule has 0 radical (unpaired) electrons. The van der Waals surface area contributed by atoms with E-state index in [-0.39, 0.29) is 22.8 Å². The highest BCUT2D eigenvalue weighted by Gasteiger charge is 2.16.